The Morgan fingerprint density at radius 1 is 1.64 bits per heavy atom. The predicted octanol–water partition coefficient (Wildman–Crippen LogP) is 2.11. The van der Waals surface area contributed by atoms with Crippen molar-refractivity contribution in [3.8, 4) is 0 Å². The topological polar surface area (TPSA) is 55.0 Å². The van der Waals surface area contributed by atoms with Gasteiger partial charge in [0, 0.05) is 11.6 Å². The maximum Gasteiger partial charge on any atom is 0.354 e. The third kappa shape index (κ3) is 1.39. The number of carbonyl (C=O) groups excluding carboxylic acids is 1. The van der Waals surface area contributed by atoms with Crippen LogP contribution in [0.5, 0.6) is 0 Å². The molecule has 2 heterocycles. The molecule has 72 valence electrons. The van der Waals surface area contributed by atoms with Crippen LogP contribution in [0.3, 0.4) is 0 Å². The van der Waals surface area contributed by atoms with Gasteiger partial charge >= 0.3 is 5.97 Å². The van der Waals surface area contributed by atoms with Gasteiger partial charge in [-0.05, 0) is 28.1 Å². The van der Waals surface area contributed by atoms with E-state index in [0.29, 0.717) is 10.3 Å². The quantitative estimate of drug-likeness (QED) is 0.627. The van der Waals surface area contributed by atoms with E-state index in [2.05, 4.69) is 30.6 Å². The number of H-pyrrole nitrogens is 1. The van der Waals surface area contributed by atoms with Crippen LogP contribution >= 0.6 is 15.9 Å². The molecule has 0 aliphatic heterocycles. The number of nitrogens with zero attached hydrogens (tertiary/aromatic N) is 1. The summed E-state index contributed by atoms with van der Waals surface area (Å²) in [5.41, 5.74) is 1.28. The Morgan fingerprint density at radius 2 is 2.43 bits per heavy atom. The van der Waals surface area contributed by atoms with Gasteiger partial charge in [-0.2, -0.15) is 0 Å². The summed E-state index contributed by atoms with van der Waals surface area (Å²) >= 11 is 3.30. The lowest BCUT2D eigenvalue weighted by Gasteiger charge is -1.91. The summed E-state index contributed by atoms with van der Waals surface area (Å²) in [5.74, 6) is -0.381. The van der Waals surface area contributed by atoms with Gasteiger partial charge in [-0.25, -0.2) is 9.78 Å². The van der Waals surface area contributed by atoms with Gasteiger partial charge in [-0.1, -0.05) is 0 Å². The normalized spacial score (nSPS) is 10.4. The second kappa shape index (κ2) is 3.42. The van der Waals surface area contributed by atoms with E-state index >= 15 is 0 Å². The van der Waals surface area contributed by atoms with Crippen molar-refractivity contribution >= 4 is 32.8 Å². The van der Waals surface area contributed by atoms with Crippen LogP contribution in [0.2, 0.25) is 0 Å². The van der Waals surface area contributed by atoms with E-state index in [-0.39, 0.29) is 5.97 Å². The second-order valence-corrected chi connectivity index (χ2v) is 3.49. The lowest BCUT2D eigenvalue weighted by atomic mass is 10.3. The number of carbonyl (C=O) groups is 1. The van der Waals surface area contributed by atoms with E-state index in [1.54, 1.807) is 18.3 Å². The summed E-state index contributed by atoms with van der Waals surface area (Å²) in [6.07, 6.45) is 1.66. The standard InChI is InChI=1S/C9H7BrN2O2/c1-14-9(13)7-4-5-6(12-7)2-3-11-8(5)10/h2-4,12H,1H3. The van der Waals surface area contributed by atoms with Crippen molar-refractivity contribution in [1.82, 2.24) is 9.97 Å². The van der Waals surface area contributed by atoms with Crippen LogP contribution in [0.1, 0.15) is 10.5 Å². The highest BCUT2D eigenvalue weighted by Gasteiger charge is 2.10. The molecular formula is C9H7BrN2O2. The number of rotatable bonds is 1. The van der Waals surface area contributed by atoms with Crippen LogP contribution < -0.4 is 0 Å². The van der Waals surface area contributed by atoms with E-state index in [4.69, 9.17) is 0 Å². The number of pyridine rings is 1. The molecule has 0 unspecified atom stereocenters. The first-order valence-corrected chi connectivity index (χ1v) is 4.73. The highest BCUT2D eigenvalue weighted by molar-refractivity contribution is 9.10. The summed E-state index contributed by atoms with van der Waals surface area (Å²) < 4.78 is 5.31. The lowest BCUT2D eigenvalue weighted by molar-refractivity contribution is 0.0595. The van der Waals surface area contributed by atoms with E-state index in [9.17, 15) is 4.79 Å². The van der Waals surface area contributed by atoms with Crippen LogP contribution in [0.4, 0.5) is 0 Å². The molecule has 0 aliphatic rings. The number of nitrogens with one attached hydrogen (secondary N) is 1. The third-order valence-corrected chi connectivity index (χ3v) is 2.54. The van der Waals surface area contributed by atoms with Gasteiger partial charge in [0.25, 0.3) is 0 Å². The van der Waals surface area contributed by atoms with Crippen LogP contribution in [0, 0.1) is 0 Å². The summed E-state index contributed by atoms with van der Waals surface area (Å²) in [6.45, 7) is 0. The highest BCUT2D eigenvalue weighted by Crippen LogP contribution is 2.22. The van der Waals surface area contributed by atoms with Crippen molar-refractivity contribution in [2.24, 2.45) is 0 Å². The summed E-state index contributed by atoms with van der Waals surface area (Å²) in [5, 5.41) is 0.868. The van der Waals surface area contributed by atoms with Gasteiger partial charge in [0.05, 0.1) is 12.6 Å². The van der Waals surface area contributed by atoms with E-state index < -0.39 is 0 Å². The van der Waals surface area contributed by atoms with Crippen molar-refractivity contribution in [3.05, 3.63) is 28.6 Å². The Labute approximate surface area is 88.4 Å². The molecule has 2 aromatic heterocycles. The van der Waals surface area contributed by atoms with Gasteiger partial charge in [-0.15, -0.1) is 0 Å². The van der Waals surface area contributed by atoms with Crippen molar-refractivity contribution in [3.63, 3.8) is 0 Å². The zero-order valence-corrected chi connectivity index (χ0v) is 8.96. The Hall–Kier alpha value is -1.36. The Bertz CT molecular complexity index is 493. The molecular weight excluding hydrogens is 248 g/mol. The highest BCUT2D eigenvalue weighted by atomic mass is 79.9. The van der Waals surface area contributed by atoms with E-state index in [1.807, 2.05) is 0 Å². The summed E-state index contributed by atoms with van der Waals surface area (Å²) in [4.78, 5) is 18.2. The van der Waals surface area contributed by atoms with Crippen LogP contribution in [-0.2, 0) is 4.74 Å². The fourth-order valence-electron chi connectivity index (χ4n) is 1.24. The first kappa shape index (κ1) is 9.21. The summed E-state index contributed by atoms with van der Waals surface area (Å²) in [6, 6.07) is 3.50. The minimum absolute atomic E-state index is 0.381. The molecule has 0 spiro atoms. The molecule has 2 aromatic rings. The maximum absolute atomic E-state index is 11.2. The van der Waals surface area contributed by atoms with Crippen LogP contribution in [0.15, 0.2) is 22.9 Å². The van der Waals surface area contributed by atoms with Crippen molar-refractivity contribution in [2.75, 3.05) is 7.11 Å². The number of hydrogen-bond acceptors (Lipinski definition) is 3. The van der Waals surface area contributed by atoms with Gasteiger partial charge in [0.2, 0.25) is 0 Å². The van der Waals surface area contributed by atoms with Gasteiger partial charge in [0.1, 0.15) is 10.3 Å². The molecule has 0 radical (unpaired) electrons. The van der Waals surface area contributed by atoms with Crippen molar-refractivity contribution in [2.45, 2.75) is 0 Å². The number of halogens is 1. The average molecular weight is 255 g/mol. The number of aromatic amines is 1. The molecule has 0 bridgehead atoms. The molecule has 14 heavy (non-hydrogen) atoms. The Kier molecular flexibility index (Phi) is 2.25. The number of hydrogen-bond donors (Lipinski definition) is 1. The summed E-state index contributed by atoms with van der Waals surface area (Å²) in [7, 11) is 1.35. The van der Waals surface area contributed by atoms with E-state index in [1.165, 1.54) is 7.11 Å². The zero-order chi connectivity index (χ0) is 10.1. The lowest BCUT2D eigenvalue weighted by Crippen LogP contribution is -2.00. The SMILES string of the molecule is COC(=O)c1cc2c(Br)nccc2[nH]1. The molecule has 1 N–H and O–H groups in total. The molecule has 0 saturated carbocycles. The second-order valence-electron chi connectivity index (χ2n) is 2.74. The number of methoxy groups -OCH3 is 1. The zero-order valence-electron chi connectivity index (χ0n) is 7.37. The molecule has 5 heteroatoms. The largest absolute Gasteiger partial charge is 0.464 e. The molecule has 0 amide bonds. The number of fused-ring (bicyclic) bond motifs is 1. The molecule has 0 saturated heterocycles. The van der Waals surface area contributed by atoms with Gasteiger partial charge in [0.15, 0.2) is 0 Å². The molecule has 2 rings (SSSR count). The minimum Gasteiger partial charge on any atom is -0.464 e. The molecule has 0 aromatic carbocycles. The van der Waals surface area contributed by atoms with E-state index in [0.717, 1.165) is 10.9 Å². The first-order valence-electron chi connectivity index (χ1n) is 3.94. The molecule has 0 aliphatic carbocycles. The monoisotopic (exact) mass is 254 g/mol. The fraction of sp³-hybridized carbons (Fsp3) is 0.111. The Balaban J connectivity index is 2.62. The molecule has 0 atom stereocenters. The predicted molar refractivity (Wildman–Crippen MR) is 55.1 cm³/mol. The minimum atomic E-state index is -0.381. The Morgan fingerprint density at radius 3 is 3.07 bits per heavy atom. The maximum atomic E-state index is 11.2. The third-order valence-electron chi connectivity index (χ3n) is 1.90. The molecule has 4 nitrogen and oxygen atoms in total. The molecule has 0 fully saturated rings. The van der Waals surface area contributed by atoms with Crippen molar-refractivity contribution < 1.29 is 9.53 Å². The van der Waals surface area contributed by atoms with Crippen LogP contribution in [0.25, 0.3) is 10.9 Å². The number of aromatic nitrogens is 2. The average Bonchev–Trinajstić information content (AvgIpc) is 2.62. The number of ether oxygens (including phenoxy) is 1. The van der Waals surface area contributed by atoms with Gasteiger partial charge in [-0.3, -0.25) is 0 Å². The first-order chi connectivity index (χ1) is 6.72. The van der Waals surface area contributed by atoms with Crippen LogP contribution in [-0.4, -0.2) is 23.0 Å². The smallest absolute Gasteiger partial charge is 0.354 e. The van der Waals surface area contributed by atoms with Gasteiger partial charge < -0.3 is 9.72 Å². The van der Waals surface area contributed by atoms with Crippen molar-refractivity contribution in [1.29, 1.82) is 0 Å². The fourth-order valence-corrected chi connectivity index (χ4v) is 1.69. The number of esters is 1.